The van der Waals surface area contributed by atoms with Gasteiger partial charge in [0.2, 0.25) is 12.1 Å². The number of aliphatic hydroxyl groups excluding tert-OH is 2. The molecule has 0 radical (unpaired) electrons. The summed E-state index contributed by atoms with van der Waals surface area (Å²) < 4.78 is 22.4. The Morgan fingerprint density at radius 2 is 2.38 bits per heavy atom. The van der Waals surface area contributed by atoms with Gasteiger partial charge >= 0.3 is 0 Å². The molecule has 1 saturated heterocycles. The summed E-state index contributed by atoms with van der Waals surface area (Å²) >= 11 is 0. The highest BCUT2D eigenvalue weighted by atomic mass is 19.1. The number of aromatic amines is 1. The molecule has 1 aromatic rings. The molecule has 7 nitrogen and oxygen atoms in total. The summed E-state index contributed by atoms with van der Waals surface area (Å²) in [5.41, 5.74) is -0.988. The highest BCUT2D eigenvalue weighted by Crippen LogP contribution is 2.16. The number of halogens is 1. The van der Waals surface area contributed by atoms with Crippen LogP contribution < -0.4 is 10.3 Å². The van der Waals surface area contributed by atoms with Crippen LogP contribution in [0.1, 0.15) is 0 Å². The van der Waals surface area contributed by atoms with Gasteiger partial charge < -0.3 is 19.7 Å². The van der Waals surface area contributed by atoms with Gasteiger partial charge in [-0.25, -0.2) is 4.98 Å². The van der Waals surface area contributed by atoms with E-state index in [1.165, 1.54) is 0 Å². The van der Waals surface area contributed by atoms with Crippen molar-refractivity contribution in [1.29, 1.82) is 0 Å². The molecule has 1 aliphatic heterocycles. The van der Waals surface area contributed by atoms with Crippen molar-refractivity contribution >= 4 is 0 Å². The van der Waals surface area contributed by atoms with Crippen LogP contribution in [0.25, 0.3) is 0 Å². The molecule has 0 saturated carbocycles. The molecule has 0 aliphatic carbocycles. The Balaban J connectivity index is 2.10. The second kappa shape index (κ2) is 4.16. The number of hydrogen-bond donors (Lipinski definition) is 3. The van der Waals surface area contributed by atoms with Crippen LogP contribution in [0.15, 0.2) is 11.0 Å². The number of aromatic nitrogens is 2. The summed E-state index contributed by atoms with van der Waals surface area (Å²) in [6, 6.07) is -0.287. The van der Waals surface area contributed by atoms with Crippen LogP contribution >= 0.6 is 0 Å². The van der Waals surface area contributed by atoms with Crippen LogP contribution in [0, 0.1) is 5.82 Å². The van der Waals surface area contributed by atoms with E-state index in [1.807, 2.05) is 4.98 Å². The zero-order valence-corrected chi connectivity index (χ0v) is 7.96. The maximum atomic E-state index is 12.6. The summed E-state index contributed by atoms with van der Waals surface area (Å²) in [7, 11) is 0. The fraction of sp³-hybridized carbons (Fsp3) is 0.500. The van der Waals surface area contributed by atoms with Crippen molar-refractivity contribution < 1.29 is 24.1 Å². The molecule has 1 unspecified atom stereocenters. The van der Waals surface area contributed by atoms with Crippen LogP contribution in [-0.2, 0) is 4.74 Å². The highest BCUT2D eigenvalue weighted by Gasteiger charge is 2.36. The second-order valence-electron chi connectivity index (χ2n) is 3.24. The molecule has 2 rings (SSSR count). The Hall–Kier alpha value is -1.51. The lowest BCUT2D eigenvalue weighted by atomic mass is 10.2. The van der Waals surface area contributed by atoms with Gasteiger partial charge in [-0.2, -0.15) is 4.39 Å². The van der Waals surface area contributed by atoms with Gasteiger partial charge in [0.15, 0.2) is 0 Å². The minimum absolute atomic E-state index is 0.0861. The SMILES string of the molecule is O=c1[nH]c(OC2OC[C@H](O)[C@@H]2O)ncc1F. The Morgan fingerprint density at radius 1 is 1.62 bits per heavy atom. The predicted octanol–water partition coefficient (Wildman–Crippen LogP) is -1.63. The topological polar surface area (TPSA) is 105 Å². The third kappa shape index (κ3) is 2.03. The lowest BCUT2D eigenvalue weighted by molar-refractivity contribution is -0.0979. The molecule has 0 aromatic carbocycles. The molecule has 8 heteroatoms. The number of H-pyrrole nitrogens is 1. The number of rotatable bonds is 2. The van der Waals surface area contributed by atoms with E-state index < -0.39 is 29.9 Å². The number of aliphatic hydroxyl groups is 2. The van der Waals surface area contributed by atoms with Crippen LogP contribution in [0.3, 0.4) is 0 Å². The van der Waals surface area contributed by atoms with Crippen LogP contribution in [0.5, 0.6) is 6.01 Å². The first-order valence-corrected chi connectivity index (χ1v) is 4.47. The van der Waals surface area contributed by atoms with Gasteiger partial charge in [-0.15, -0.1) is 0 Å². The first-order valence-electron chi connectivity index (χ1n) is 4.47. The summed E-state index contributed by atoms with van der Waals surface area (Å²) in [5, 5.41) is 18.5. The van der Waals surface area contributed by atoms with E-state index in [4.69, 9.17) is 14.6 Å². The summed E-state index contributed by atoms with van der Waals surface area (Å²) in [6.45, 7) is -0.0861. The Labute approximate surface area is 88.5 Å². The van der Waals surface area contributed by atoms with Gasteiger partial charge in [-0.3, -0.25) is 9.78 Å². The zero-order valence-electron chi connectivity index (χ0n) is 7.96. The molecule has 0 bridgehead atoms. The molecular formula is C8H9FN2O5. The molecule has 0 spiro atoms. The van der Waals surface area contributed by atoms with Crippen molar-refractivity contribution in [3.63, 3.8) is 0 Å². The third-order valence-electron chi connectivity index (χ3n) is 2.06. The fourth-order valence-electron chi connectivity index (χ4n) is 1.21. The predicted molar refractivity (Wildman–Crippen MR) is 47.2 cm³/mol. The van der Waals surface area contributed by atoms with E-state index in [9.17, 15) is 14.3 Å². The standard InChI is InChI=1S/C8H9FN2O5/c9-3-1-10-8(11-6(3)14)16-7-5(13)4(12)2-15-7/h1,4-5,7,12-13H,2H2,(H,10,11,14)/t4-,5-,7?/m0/s1. The molecule has 1 aromatic heterocycles. The summed E-state index contributed by atoms with van der Waals surface area (Å²) in [6.07, 6.45) is -2.75. The zero-order chi connectivity index (χ0) is 11.7. The normalized spacial score (nSPS) is 29.3. The van der Waals surface area contributed by atoms with E-state index in [0.29, 0.717) is 6.20 Å². The third-order valence-corrected chi connectivity index (χ3v) is 2.06. The van der Waals surface area contributed by atoms with E-state index >= 15 is 0 Å². The second-order valence-corrected chi connectivity index (χ2v) is 3.24. The Morgan fingerprint density at radius 3 is 2.94 bits per heavy atom. The quantitative estimate of drug-likeness (QED) is 0.565. The van der Waals surface area contributed by atoms with Crippen molar-refractivity contribution in [2.45, 2.75) is 18.5 Å². The largest absolute Gasteiger partial charge is 0.432 e. The molecule has 1 fully saturated rings. The molecular weight excluding hydrogens is 223 g/mol. The first-order chi connectivity index (χ1) is 7.58. The smallest absolute Gasteiger partial charge is 0.299 e. The number of ether oxygens (including phenoxy) is 2. The van der Waals surface area contributed by atoms with Gasteiger partial charge in [-0.1, -0.05) is 0 Å². The number of hydrogen-bond acceptors (Lipinski definition) is 6. The van der Waals surface area contributed by atoms with Crippen LogP contribution in [0.2, 0.25) is 0 Å². The Bertz CT molecular complexity index is 437. The molecule has 16 heavy (non-hydrogen) atoms. The van der Waals surface area contributed by atoms with Crippen molar-refractivity contribution in [1.82, 2.24) is 9.97 Å². The van der Waals surface area contributed by atoms with E-state index in [1.54, 1.807) is 0 Å². The average Bonchev–Trinajstić information content (AvgIpc) is 2.55. The lowest BCUT2D eigenvalue weighted by Gasteiger charge is -2.15. The van der Waals surface area contributed by atoms with Crippen LogP contribution in [-0.4, -0.2) is 45.3 Å². The molecule has 3 N–H and O–H groups in total. The highest BCUT2D eigenvalue weighted by molar-refractivity contribution is 4.97. The summed E-state index contributed by atoms with van der Waals surface area (Å²) in [4.78, 5) is 16.3. The molecule has 0 amide bonds. The monoisotopic (exact) mass is 232 g/mol. The van der Waals surface area contributed by atoms with E-state index in [-0.39, 0.29) is 12.6 Å². The van der Waals surface area contributed by atoms with Gasteiger partial charge in [-0.05, 0) is 0 Å². The Kier molecular flexibility index (Phi) is 2.86. The minimum Gasteiger partial charge on any atom is -0.432 e. The van der Waals surface area contributed by atoms with Gasteiger partial charge in [0, 0.05) is 0 Å². The van der Waals surface area contributed by atoms with Crippen molar-refractivity contribution in [3.05, 3.63) is 22.4 Å². The van der Waals surface area contributed by atoms with Gasteiger partial charge in [0.05, 0.1) is 12.8 Å². The van der Waals surface area contributed by atoms with E-state index in [0.717, 1.165) is 0 Å². The van der Waals surface area contributed by atoms with E-state index in [2.05, 4.69) is 4.98 Å². The first kappa shape index (κ1) is 11.0. The van der Waals surface area contributed by atoms with Crippen molar-refractivity contribution in [3.8, 4) is 6.01 Å². The summed E-state index contributed by atoms with van der Waals surface area (Å²) in [5.74, 6) is -1.04. The lowest BCUT2D eigenvalue weighted by Crippen LogP contribution is -2.34. The molecule has 1 aliphatic rings. The molecule has 2 heterocycles. The van der Waals surface area contributed by atoms with Crippen LogP contribution in [0.4, 0.5) is 4.39 Å². The average molecular weight is 232 g/mol. The fourth-order valence-corrected chi connectivity index (χ4v) is 1.21. The molecule has 88 valence electrons. The van der Waals surface area contributed by atoms with Gasteiger partial charge in [0.25, 0.3) is 11.6 Å². The van der Waals surface area contributed by atoms with Crippen molar-refractivity contribution in [2.75, 3.05) is 6.61 Å². The molecule has 3 atom stereocenters. The maximum Gasteiger partial charge on any atom is 0.299 e. The van der Waals surface area contributed by atoms with Crippen molar-refractivity contribution in [2.24, 2.45) is 0 Å². The minimum atomic E-state index is -1.24. The van der Waals surface area contributed by atoms with Gasteiger partial charge in [0.1, 0.15) is 12.2 Å². The number of nitrogens with one attached hydrogen (secondary N) is 1. The maximum absolute atomic E-state index is 12.6. The number of nitrogens with zero attached hydrogens (tertiary/aromatic N) is 1.